The molecule has 1 aromatic carbocycles. The fourth-order valence-electron chi connectivity index (χ4n) is 2.75. The number of furan rings is 1. The Morgan fingerprint density at radius 2 is 1.75 bits per heavy atom. The smallest absolute Gasteiger partial charge is 0.144 e. The summed E-state index contributed by atoms with van der Waals surface area (Å²) in [6.07, 6.45) is 0. The fraction of sp³-hybridized carbons (Fsp3) is 0.118. The Kier molecular flexibility index (Phi) is 2.91. The van der Waals surface area contributed by atoms with Gasteiger partial charge in [-0.1, -0.05) is 24.3 Å². The summed E-state index contributed by atoms with van der Waals surface area (Å²) in [5, 5.41) is 2.33. The highest BCUT2D eigenvalue weighted by atomic mass is 35.5. The average Bonchev–Trinajstić information content (AvgIpc) is 2.92. The molecule has 0 amide bonds. The van der Waals surface area contributed by atoms with Crippen LogP contribution in [-0.2, 0) is 0 Å². The van der Waals surface area contributed by atoms with Crippen LogP contribution in [0.4, 0.5) is 0 Å². The second kappa shape index (κ2) is 4.50. The topological polar surface area (TPSA) is 26.0 Å². The maximum absolute atomic E-state index is 5.95. The molecule has 100 valence electrons. The predicted molar refractivity (Wildman–Crippen MR) is 84.9 cm³/mol. The van der Waals surface area contributed by atoms with Crippen molar-refractivity contribution in [1.29, 1.82) is 0 Å². The van der Waals surface area contributed by atoms with Crippen LogP contribution in [0.1, 0.15) is 11.3 Å². The van der Waals surface area contributed by atoms with Crippen molar-refractivity contribution in [3.05, 3.63) is 53.8 Å². The number of para-hydroxylation sites is 1. The molecule has 2 aliphatic rings. The minimum absolute atomic E-state index is 0. The molecular formula is C17H14ClNO. The maximum Gasteiger partial charge on any atom is 0.144 e. The molecule has 0 saturated carbocycles. The van der Waals surface area contributed by atoms with E-state index in [4.69, 9.17) is 9.40 Å². The molecule has 3 heteroatoms. The van der Waals surface area contributed by atoms with E-state index in [2.05, 4.69) is 31.2 Å². The number of hydrogen-bond donors (Lipinski definition) is 0. The van der Waals surface area contributed by atoms with Gasteiger partial charge < -0.3 is 4.42 Å². The van der Waals surface area contributed by atoms with Gasteiger partial charge in [0.15, 0.2) is 0 Å². The monoisotopic (exact) mass is 283 g/mol. The second-order valence-corrected chi connectivity index (χ2v) is 5.01. The third kappa shape index (κ3) is 1.69. The number of hydrogen-bond acceptors (Lipinski definition) is 2. The number of aromatic nitrogens is 1. The van der Waals surface area contributed by atoms with Gasteiger partial charge in [0.25, 0.3) is 0 Å². The van der Waals surface area contributed by atoms with Crippen LogP contribution in [0.5, 0.6) is 0 Å². The molecule has 20 heavy (non-hydrogen) atoms. The Hall–Kier alpha value is -2.06. The number of nitrogens with zero attached hydrogens (tertiary/aromatic N) is 1. The van der Waals surface area contributed by atoms with Crippen molar-refractivity contribution in [2.75, 3.05) is 0 Å². The predicted octanol–water partition coefficient (Wildman–Crippen LogP) is 5.12. The molecule has 0 N–H and O–H groups in total. The first-order valence-electron chi connectivity index (χ1n) is 6.42. The molecule has 0 radical (unpaired) electrons. The highest BCUT2D eigenvalue weighted by Gasteiger charge is 2.17. The van der Waals surface area contributed by atoms with Crippen molar-refractivity contribution >= 4 is 34.3 Å². The van der Waals surface area contributed by atoms with Crippen LogP contribution >= 0.6 is 12.4 Å². The van der Waals surface area contributed by atoms with E-state index in [1.807, 2.05) is 25.1 Å². The van der Waals surface area contributed by atoms with E-state index >= 15 is 0 Å². The molecule has 1 aromatic heterocycles. The van der Waals surface area contributed by atoms with E-state index in [-0.39, 0.29) is 12.4 Å². The van der Waals surface area contributed by atoms with E-state index < -0.39 is 0 Å². The van der Waals surface area contributed by atoms with Crippen LogP contribution in [0.25, 0.3) is 33.1 Å². The maximum atomic E-state index is 5.95. The van der Waals surface area contributed by atoms with E-state index in [9.17, 15) is 0 Å². The SMILES string of the molecule is Cc1cc2c(C)ccc3nc4ccccc4c-3c2o1.Cl. The number of fused-ring (bicyclic) bond motifs is 5. The summed E-state index contributed by atoms with van der Waals surface area (Å²) in [4.78, 5) is 4.70. The molecule has 0 unspecified atom stereocenters. The van der Waals surface area contributed by atoms with Gasteiger partial charge in [-0.3, -0.25) is 0 Å². The van der Waals surface area contributed by atoms with Crippen LogP contribution in [0.2, 0.25) is 0 Å². The standard InChI is InChI=1S/C17H13NO.ClH/c1-10-7-8-15-16(17-13(10)9-11(2)19-17)12-5-3-4-6-14(12)18-15;/h3-9H,1-2H3;1H. The molecule has 0 atom stereocenters. The summed E-state index contributed by atoms with van der Waals surface area (Å²) in [5.41, 5.74) is 5.30. The number of aryl methyl sites for hydroxylation is 2. The Morgan fingerprint density at radius 1 is 0.950 bits per heavy atom. The first-order valence-corrected chi connectivity index (χ1v) is 6.42. The molecule has 2 heterocycles. The largest absolute Gasteiger partial charge is 0.461 e. The van der Waals surface area contributed by atoms with Gasteiger partial charge in [0, 0.05) is 10.8 Å². The lowest BCUT2D eigenvalue weighted by Gasteiger charge is -1.93. The lowest BCUT2D eigenvalue weighted by atomic mass is 10.1. The molecular weight excluding hydrogens is 270 g/mol. The summed E-state index contributed by atoms with van der Waals surface area (Å²) >= 11 is 0. The normalized spacial score (nSPS) is 11.1. The summed E-state index contributed by atoms with van der Waals surface area (Å²) in [5.74, 6) is 0.941. The molecule has 0 spiro atoms. The van der Waals surface area contributed by atoms with E-state index in [0.717, 1.165) is 33.5 Å². The summed E-state index contributed by atoms with van der Waals surface area (Å²) in [6.45, 7) is 4.10. The van der Waals surface area contributed by atoms with Crippen molar-refractivity contribution in [3.63, 3.8) is 0 Å². The minimum Gasteiger partial charge on any atom is -0.461 e. The van der Waals surface area contributed by atoms with E-state index in [0.29, 0.717) is 0 Å². The van der Waals surface area contributed by atoms with Gasteiger partial charge in [-0.25, -0.2) is 4.98 Å². The van der Waals surface area contributed by atoms with Gasteiger partial charge in [0.2, 0.25) is 0 Å². The van der Waals surface area contributed by atoms with Gasteiger partial charge in [-0.05, 0) is 37.6 Å². The molecule has 1 aliphatic heterocycles. The zero-order chi connectivity index (χ0) is 13.0. The summed E-state index contributed by atoms with van der Waals surface area (Å²) in [6, 6.07) is 14.5. The third-order valence-electron chi connectivity index (χ3n) is 3.67. The van der Waals surface area contributed by atoms with Gasteiger partial charge in [0.05, 0.1) is 16.8 Å². The molecule has 4 rings (SSSR count). The third-order valence-corrected chi connectivity index (χ3v) is 3.67. The zero-order valence-corrected chi connectivity index (χ0v) is 12.1. The zero-order valence-electron chi connectivity index (χ0n) is 11.3. The first kappa shape index (κ1) is 12.9. The molecule has 0 bridgehead atoms. The quantitative estimate of drug-likeness (QED) is 0.447. The first-order chi connectivity index (χ1) is 9.24. The van der Waals surface area contributed by atoms with Gasteiger partial charge in [0.1, 0.15) is 11.3 Å². The highest BCUT2D eigenvalue weighted by molar-refractivity contribution is 6.08. The van der Waals surface area contributed by atoms with E-state index in [1.165, 1.54) is 10.9 Å². The lowest BCUT2D eigenvalue weighted by Crippen LogP contribution is -1.70. The summed E-state index contributed by atoms with van der Waals surface area (Å²) < 4.78 is 5.95. The highest BCUT2D eigenvalue weighted by Crippen LogP contribution is 2.38. The van der Waals surface area contributed by atoms with Crippen LogP contribution in [0.3, 0.4) is 0 Å². The van der Waals surface area contributed by atoms with Gasteiger partial charge >= 0.3 is 0 Å². The minimum atomic E-state index is 0. The Labute approximate surface area is 123 Å². The lowest BCUT2D eigenvalue weighted by molar-refractivity contribution is 0.580. The summed E-state index contributed by atoms with van der Waals surface area (Å²) in [7, 11) is 0. The fourth-order valence-corrected chi connectivity index (χ4v) is 2.75. The Balaban J connectivity index is 0.00000121. The molecule has 0 saturated heterocycles. The average molecular weight is 284 g/mol. The van der Waals surface area contributed by atoms with Crippen molar-refractivity contribution in [3.8, 4) is 11.3 Å². The van der Waals surface area contributed by atoms with Gasteiger partial charge in [-0.15, -0.1) is 12.4 Å². The van der Waals surface area contributed by atoms with Crippen molar-refractivity contribution in [2.24, 2.45) is 0 Å². The Bertz CT molecular complexity index is 894. The van der Waals surface area contributed by atoms with Crippen LogP contribution in [-0.4, -0.2) is 4.98 Å². The van der Waals surface area contributed by atoms with Crippen molar-refractivity contribution in [1.82, 2.24) is 4.98 Å². The number of benzene rings is 1. The van der Waals surface area contributed by atoms with E-state index in [1.54, 1.807) is 0 Å². The number of rotatable bonds is 0. The van der Waals surface area contributed by atoms with Crippen molar-refractivity contribution < 1.29 is 4.42 Å². The Morgan fingerprint density at radius 3 is 2.60 bits per heavy atom. The van der Waals surface area contributed by atoms with Gasteiger partial charge in [-0.2, -0.15) is 0 Å². The molecule has 2 aromatic rings. The van der Waals surface area contributed by atoms with Crippen molar-refractivity contribution in [2.45, 2.75) is 13.8 Å². The second-order valence-electron chi connectivity index (χ2n) is 5.01. The number of halogens is 1. The molecule has 0 fully saturated rings. The van der Waals surface area contributed by atoms with Crippen LogP contribution in [0, 0.1) is 13.8 Å². The van der Waals surface area contributed by atoms with Crippen LogP contribution in [0.15, 0.2) is 46.9 Å². The molecule has 2 nitrogen and oxygen atoms in total. The molecule has 1 aliphatic carbocycles. The van der Waals surface area contributed by atoms with Crippen LogP contribution < -0.4 is 0 Å².